The molecule has 0 aromatic heterocycles. The molecule has 234 valence electrons. The first-order valence-electron chi connectivity index (χ1n) is 15.1. The molecule has 10 nitrogen and oxygen atoms in total. The van der Waals surface area contributed by atoms with Crippen molar-refractivity contribution < 1.29 is 33.8 Å². The van der Waals surface area contributed by atoms with Crippen LogP contribution in [-0.4, -0.2) is 61.3 Å². The van der Waals surface area contributed by atoms with Crippen molar-refractivity contribution in [2.45, 2.75) is 37.3 Å². The molecule has 10 heteroatoms. The maximum Gasteiger partial charge on any atom is 0.407 e. The number of cyclic esters (lactones) is 1. The molecule has 3 atom stereocenters. The molecule has 3 aromatic carbocycles. The zero-order valence-electron chi connectivity index (χ0n) is 24.8. The van der Waals surface area contributed by atoms with Gasteiger partial charge in [0.2, 0.25) is 11.8 Å². The number of aliphatic hydroxyl groups is 1. The highest BCUT2D eigenvalue weighted by atomic mass is 16.6. The number of carbonyl (C=O) groups excluding carboxylic acids is 4. The number of fused-ring (bicyclic) bond motifs is 3. The number of hydrogen-bond acceptors (Lipinski definition) is 7. The van der Waals surface area contributed by atoms with Crippen molar-refractivity contribution in [3.05, 3.63) is 108 Å². The molecule has 1 aliphatic heterocycles. The van der Waals surface area contributed by atoms with Crippen LogP contribution in [-0.2, 0) is 23.9 Å². The number of amides is 3. The normalized spacial score (nSPS) is 20.7. The summed E-state index contributed by atoms with van der Waals surface area (Å²) >= 11 is 0. The van der Waals surface area contributed by atoms with Crippen LogP contribution in [0.2, 0.25) is 0 Å². The van der Waals surface area contributed by atoms with Crippen molar-refractivity contribution in [1.29, 1.82) is 0 Å². The summed E-state index contributed by atoms with van der Waals surface area (Å²) in [6, 6.07) is 24.0. The number of alkyl carbamates (subject to hydrolysis) is 1. The summed E-state index contributed by atoms with van der Waals surface area (Å²) < 4.78 is 11.5. The van der Waals surface area contributed by atoms with Crippen LogP contribution in [0.3, 0.4) is 0 Å². The first-order chi connectivity index (χ1) is 21.9. The monoisotopic (exact) mass is 611 g/mol. The number of nitrogens with one attached hydrogen (secondary N) is 3. The van der Waals surface area contributed by atoms with Crippen molar-refractivity contribution in [3.63, 3.8) is 0 Å². The third kappa shape index (κ3) is 7.96. The lowest BCUT2D eigenvalue weighted by Crippen LogP contribution is -2.44. The average Bonchev–Trinajstić information content (AvgIpc) is 3.38. The Bertz CT molecular complexity index is 1500. The Morgan fingerprint density at radius 3 is 2.22 bits per heavy atom. The van der Waals surface area contributed by atoms with Crippen LogP contribution >= 0.6 is 0 Å². The minimum Gasteiger partial charge on any atom is -0.454 e. The second kappa shape index (κ2) is 15.2. The fourth-order valence-corrected chi connectivity index (χ4v) is 5.72. The van der Waals surface area contributed by atoms with Gasteiger partial charge in [0.25, 0.3) is 0 Å². The average molecular weight is 612 g/mol. The Morgan fingerprint density at radius 1 is 0.889 bits per heavy atom. The van der Waals surface area contributed by atoms with Gasteiger partial charge in [-0.05, 0) is 40.7 Å². The largest absolute Gasteiger partial charge is 0.454 e. The topological polar surface area (TPSA) is 143 Å². The molecule has 5 rings (SSSR count). The number of hydrogen-bond donors (Lipinski definition) is 4. The quantitative estimate of drug-likeness (QED) is 0.224. The van der Waals surface area contributed by atoms with E-state index in [9.17, 15) is 19.2 Å². The van der Waals surface area contributed by atoms with Gasteiger partial charge in [0.05, 0.1) is 19.1 Å². The molecule has 1 heterocycles. The SMILES string of the molecule is O=C(C[C@@H]1C/C=C\C[C@H](NC(=O)OCC2c3ccccc3-c3ccccc32)C(=O)O[C@H](c2ccccc2)CNC1=O)NCCO. The van der Waals surface area contributed by atoms with E-state index in [1.165, 1.54) is 0 Å². The molecule has 0 saturated heterocycles. The van der Waals surface area contributed by atoms with Gasteiger partial charge in [-0.15, -0.1) is 0 Å². The van der Waals surface area contributed by atoms with Crippen LogP contribution in [0.25, 0.3) is 11.1 Å². The summed E-state index contributed by atoms with van der Waals surface area (Å²) in [7, 11) is 0. The predicted molar refractivity (Wildman–Crippen MR) is 167 cm³/mol. The van der Waals surface area contributed by atoms with E-state index in [0.717, 1.165) is 22.3 Å². The Hall–Kier alpha value is -4.96. The molecule has 3 aromatic rings. The highest BCUT2D eigenvalue weighted by Crippen LogP contribution is 2.44. The fourth-order valence-electron chi connectivity index (χ4n) is 5.72. The van der Waals surface area contributed by atoms with Crippen molar-refractivity contribution in [2.24, 2.45) is 5.92 Å². The van der Waals surface area contributed by atoms with E-state index in [0.29, 0.717) is 5.56 Å². The molecular formula is C35H37N3O7. The number of carbonyl (C=O) groups is 4. The van der Waals surface area contributed by atoms with Gasteiger partial charge in [0.1, 0.15) is 18.8 Å². The van der Waals surface area contributed by atoms with Gasteiger partial charge in [0, 0.05) is 18.9 Å². The van der Waals surface area contributed by atoms with Crippen molar-refractivity contribution >= 4 is 23.9 Å². The van der Waals surface area contributed by atoms with E-state index < -0.39 is 30.1 Å². The van der Waals surface area contributed by atoms with Crippen LogP contribution in [0.1, 0.15) is 48.0 Å². The molecule has 3 amide bonds. The molecule has 2 aliphatic rings. The molecule has 0 spiro atoms. The molecule has 0 unspecified atom stereocenters. The third-order valence-corrected chi connectivity index (χ3v) is 8.01. The van der Waals surface area contributed by atoms with E-state index in [1.807, 2.05) is 42.5 Å². The number of allylic oxidation sites excluding steroid dienone is 1. The summed E-state index contributed by atoms with van der Waals surface area (Å²) in [4.78, 5) is 51.9. The minimum absolute atomic E-state index is 0.0231. The Balaban J connectivity index is 1.29. The number of aliphatic hydroxyl groups excluding tert-OH is 1. The lowest BCUT2D eigenvalue weighted by atomic mass is 9.98. The van der Waals surface area contributed by atoms with Crippen LogP contribution in [0.5, 0.6) is 0 Å². The lowest BCUT2D eigenvalue weighted by Gasteiger charge is -2.24. The molecule has 45 heavy (non-hydrogen) atoms. The van der Waals surface area contributed by atoms with Crippen LogP contribution in [0.4, 0.5) is 4.79 Å². The van der Waals surface area contributed by atoms with Gasteiger partial charge in [-0.3, -0.25) is 9.59 Å². The maximum absolute atomic E-state index is 13.4. The summed E-state index contributed by atoms with van der Waals surface area (Å²) in [6.07, 6.45) is 2.06. The van der Waals surface area contributed by atoms with Gasteiger partial charge in [-0.1, -0.05) is 91.0 Å². The molecule has 0 saturated carbocycles. The summed E-state index contributed by atoms with van der Waals surface area (Å²) in [6.45, 7) is -0.0379. The number of esters is 1. The molecule has 0 bridgehead atoms. The molecule has 1 aliphatic carbocycles. The number of rotatable bonds is 8. The van der Waals surface area contributed by atoms with Gasteiger partial charge < -0.3 is 30.5 Å². The maximum atomic E-state index is 13.4. The van der Waals surface area contributed by atoms with Gasteiger partial charge >= 0.3 is 12.1 Å². The Kier molecular flexibility index (Phi) is 10.6. The predicted octanol–water partition coefficient (Wildman–Crippen LogP) is 3.76. The Morgan fingerprint density at radius 2 is 1.53 bits per heavy atom. The van der Waals surface area contributed by atoms with E-state index >= 15 is 0 Å². The smallest absolute Gasteiger partial charge is 0.407 e. The van der Waals surface area contributed by atoms with Crippen molar-refractivity contribution in [1.82, 2.24) is 16.0 Å². The summed E-state index contributed by atoms with van der Waals surface area (Å²) in [5, 5.41) is 17.1. The lowest BCUT2D eigenvalue weighted by molar-refractivity contribution is -0.152. The summed E-state index contributed by atoms with van der Waals surface area (Å²) in [5.74, 6) is -2.20. The standard InChI is InChI=1S/C35H37N3O7/c39-19-18-36-32(40)20-24-12-4-9-17-30(34(42)45-31(21-37-33(24)41)23-10-2-1-3-11-23)38-35(43)44-22-29-27-15-7-5-13-25(27)26-14-6-8-16-28(26)29/h1-11,13-16,24,29-31,39H,12,17-22H2,(H,36,40)(H,37,41)(H,38,43)/b9-4-/t24-,30-,31-/m0/s1. The van der Waals surface area contributed by atoms with E-state index in [4.69, 9.17) is 14.6 Å². The van der Waals surface area contributed by atoms with Gasteiger partial charge in [-0.2, -0.15) is 0 Å². The van der Waals surface area contributed by atoms with Gasteiger partial charge in [0.15, 0.2) is 0 Å². The molecule has 4 N–H and O–H groups in total. The Labute approximate surface area is 261 Å². The zero-order chi connectivity index (χ0) is 31.6. The van der Waals surface area contributed by atoms with E-state index in [1.54, 1.807) is 36.4 Å². The molecule has 0 radical (unpaired) electrons. The fraction of sp³-hybridized carbons (Fsp3) is 0.314. The first-order valence-corrected chi connectivity index (χ1v) is 15.1. The van der Waals surface area contributed by atoms with Crippen LogP contribution in [0.15, 0.2) is 91.0 Å². The number of ether oxygens (including phenoxy) is 2. The first kappa shape index (κ1) is 31.5. The zero-order valence-corrected chi connectivity index (χ0v) is 24.8. The van der Waals surface area contributed by atoms with E-state index in [-0.39, 0.29) is 63.3 Å². The highest BCUT2D eigenvalue weighted by Gasteiger charge is 2.31. The second-order valence-corrected chi connectivity index (χ2v) is 11.0. The second-order valence-electron chi connectivity index (χ2n) is 11.0. The minimum atomic E-state index is -1.05. The van der Waals surface area contributed by atoms with Crippen LogP contribution in [0, 0.1) is 5.92 Å². The molecule has 0 fully saturated rings. The third-order valence-electron chi connectivity index (χ3n) is 8.01. The number of benzene rings is 3. The van der Waals surface area contributed by atoms with Crippen molar-refractivity contribution in [3.8, 4) is 11.1 Å². The van der Waals surface area contributed by atoms with Crippen molar-refractivity contribution in [2.75, 3.05) is 26.3 Å². The molecular weight excluding hydrogens is 574 g/mol. The highest BCUT2D eigenvalue weighted by molar-refractivity contribution is 5.86. The van der Waals surface area contributed by atoms with E-state index in [2.05, 4.69) is 28.1 Å². The van der Waals surface area contributed by atoms with Gasteiger partial charge in [-0.25, -0.2) is 9.59 Å². The van der Waals surface area contributed by atoms with Crippen LogP contribution < -0.4 is 16.0 Å². The summed E-state index contributed by atoms with van der Waals surface area (Å²) in [5.41, 5.74) is 5.03.